The molecule has 1 heterocycles. The Kier molecular flexibility index (Phi) is 4.54. The molecule has 3 nitrogen and oxygen atoms in total. The van der Waals surface area contributed by atoms with E-state index in [1.54, 1.807) is 0 Å². The molecular weight excluding hydrogens is 222 g/mol. The van der Waals surface area contributed by atoms with Crippen LogP contribution in [-0.4, -0.2) is 16.7 Å². The molecule has 0 saturated heterocycles. The van der Waals surface area contributed by atoms with E-state index >= 15 is 0 Å². The summed E-state index contributed by atoms with van der Waals surface area (Å²) in [5.41, 5.74) is 2.08. The van der Waals surface area contributed by atoms with Crippen molar-refractivity contribution >= 4 is 17.4 Å². The zero-order chi connectivity index (χ0) is 12.3. The number of halogens is 1. The molecule has 16 heavy (non-hydrogen) atoms. The lowest BCUT2D eigenvalue weighted by atomic mass is 9.98. The molecule has 0 spiro atoms. The lowest BCUT2D eigenvalue weighted by Crippen LogP contribution is -2.18. The summed E-state index contributed by atoms with van der Waals surface area (Å²) in [5, 5.41) is 11.8. The summed E-state index contributed by atoms with van der Waals surface area (Å²) in [6.07, 6.45) is 0. The standard InChI is InChI=1S/C12H20ClN3/c1-7(2)8(3)6-14-12-10(5)9(4)11(13)15-16-12/h7-8H,6H2,1-5H3,(H,14,16). The second kappa shape index (κ2) is 5.48. The predicted octanol–water partition coefficient (Wildman–Crippen LogP) is 3.45. The Morgan fingerprint density at radius 2 is 1.75 bits per heavy atom. The number of nitrogens with zero attached hydrogens (tertiary/aromatic N) is 2. The first kappa shape index (κ1) is 13.2. The lowest BCUT2D eigenvalue weighted by Gasteiger charge is -2.17. The van der Waals surface area contributed by atoms with Gasteiger partial charge in [-0.3, -0.25) is 0 Å². The number of anilines is 1. The molecule has 0 fully saturated rings. The monoisotopic (exact) mass is 241 g/mol. The zero-order valence-corrected chi connectivity index (χ0v) is 11.4. The van der Waals surface area contributed by atoms with Gasteiger partial charge in [0.2, 0.25) is 0 Å². The van der Waals surface area contributed by atoms with Crippen molar-refractivity contribution in [2.45, 2.75) is 34.6 Å². The molecule has 0 amide bonds. The molecule has 0 aliphatic carbocycles. The van der Waals surface area contributed by atoms with Crippen molar-refractivity contribution in [3.8, 4) is 0 Å². The minimum absolute atomic E-state index is 0.486. The molecule has 1 aromatic rings. The largest absolute Gasteiger partial charge is 0.368 e. The maximum Gasteiger partial charge on any atom is 0.155 e. The van der Waals surface area contributed by atoms with Gasteiger partial charge in [-0.15, -0.1) is 10.2 Å². The molecular formula is C12H20ClN3. The maximum atomic E-state index is 5.90. The fraction of sp³-hybridized carbons (Fsp3) is 0.667. The van der Waals surface area contributed by atoms with Gasteiger partial charge >= 0.3 is 0 Å². The Bertz CT molecular complexity index is 364. The van der Waals surface area contributed by atoms with Crippen LogP contribution in [0.3, 0.4) is 0 Å². The van der Waals surface area contributed by atoms with Crippen LogP contribution in [0.2, 0.25) is 5.15 Å². The first-order chi connectivity index (χ1) is 7.43. The summed E-state index contributed by atoms with van der Waals surface area (Å²) < 4.78 is 0. The molecule has 1 unspecified atom stereocenters. The van der Waals surface area contributed by atoms with Gasteiger partial charge in [0.15, 0.2) is 11.0 Å². The maximum absolute atomic E-state index is 5.90. The fourth-order valence-electron chi connectivity index (χ4n) is 1.24. The summed E-state index contributed by atoms with van der Waals surface area (Å²) in [4.78, 5) is 0. The molecule has 0 bridgehead atoms. The third kappa shape index (κ3) is 3.08. The van der Waals surface area contributed by atoms with Crippen molar-refractivity contribution in [2.24, 2.45) is 11.8 Å². The van der Waals surface area contributed by atoms with E-state index in [9.17, 15) is 0 Å². The van der Waals surface area contributed by atoms with Gasteiger partial charge in [-0.25, -0.2) is 0 Å². The Labute approximate surface area is 103 Å². The fourth-order valence-corrected chi connectivity index (χ4v) is 1.42. The Balaban J connectivity index is 2.72. The van der Waals surface area contributed by atoms with Gasteiger partial charge in [0.25, 0.3) is 0 Å². The highest BCUT2D eigenvalue weighted by Gasteiger charge is 2.10. The van der Waals surface area contributed by atoms with Crippen LogP contribution in [-0.2, 0) is 0 Å². The van der Waals surface area contributed by atoms with E-state index in [-0.39, 0.29) is 0 Å². The smallest absolute Gasteiger partial charge is 0.155 e. The van der Waals surface area contributed by atoms with Crippen molar-refractivity contribution in [1.82, 2.24) is 10.2 Å². The highest BCUT2D eigenvalue weighted by molar-refractivity contribution is 6.30. The molecule has 0 radical (unpaired) electrons. The molecule has 0 aliphatic heterocycles. The van der Waals surface area contributed by atoms with E-state index in [0.717, 1.165) is 23.5 Å². The third-order valence-corrected chi connectivity index (χ3v) is 3.55. The zero-order valence-electron chi connectivity index (χ0n) is 10.6. The molecule has 0 saturated carbocycles. The summed E-state index contributed by atoms with van der Waals surface area (Å²) in [7, 11) is 0. The minimum Gasteiger partial charge on any atom is -0.368 e. The molecule has 1 atom stereocenters. The van der Waals surface area contributed by atoms with Gasteiger partial charge in [-0.1, -0.05) is 32.4 Å². The van der Waals surface area contributed by atoms with Crippen LogP contribution in [0, 0.1) is 25.7 Å². The van der Waals surface area contributed by atoms with Crippen molar-refractivity contribution in [1.29, 1.82) is 0 Å². The van der Waals surface area contributed by atoms with E-state index < -0.39 is 0 Å². The van der Waals surface area contributed by atoms with Crippen LogP contribution in [0.15, 0.2) is 0 Å². The molecule has 1 aromatic heterocycles. The molecule has 0 aromatic carbocycles. The molecule has 0 aliphatic rings. The van der Waals surface area contributed by atoms with Crippen LogP contribution < -0.4 is 5.32 Å². The number of hydrogen-bond acceptors (Lipinski definition) is 3. The van der Waals surface area contributed by atoms with E-state index in [1.807, 2.05) is 13.8 Å². The van der Waals surface area contributed by atoms with Gasteiger partial charge in [-0.05, 0) is 36.8 Å². The molecule has 90 valence electrons. The number of hydrogen-bond donors (Lipinski definition) is 1. The SMILES string of the molecule is Cc1c(Cl)nnc(NCC(C)C(C)C)c1C. The summed E-state index contributed by atoms with van der Waals surface area (Å²) >= 11 is 5.90. The minimum atomic E-state index is 0.486. The van der Waals surface area contributed by atoms with Crippen LogP contribution in [0.4, 0.5) is 5.82 Å². The summed E-state index contributed by atoms with van der Waals surface area (Å²) in [6.45, 7) is 11.6. The third-order valence-electron chi connectivity index (χ3n) is 3.19. The van der Waals surface area contributed by atoms with E-state index in [1.165, 1.54) is 0 Å². The first-order valence-corrected chi connectivity index (χ1v) is 6.04. The topological polar surface area (TPSA) is 37.8 Å². The quantitative estimate of drug-likeness (QED) is 0.878. The lowest BCUT2D eigenvalue weighted by molar-refractivity contribution is 0.439. The number of aromatic nitrogens is 2. The summed E-state index contributed by atoms with van der Waals surface area (Å²) in [5.74, 6) is 2.11. The van der Waals surface area contributed by atoms with Crippen molar-refractivity contribution in [3.05, 3.63) is 16.3 Å². The van der Waals surface area contributed by atoms with E-state index in [2.05, 4.69) is 36.3 Å². The Morgan fingerprint density at radius 3 is 2.31 bits per heavy atom. The molecule has 1 rings (SSSR count). The van der Waals surface area contributed by atoms with Crippen LogP contribution in [0.5, 0.6) is 0 Å². The molecule has 1 N–H and O–H groups in total. The normalized spacial score (nSPS) is 12.9. The van der Waals surface area contributed by atoms with Crippen LogP contribution in [0.1, 0.15) is 31.9 Å². The van der Waals surface area contributed by atoms with Crippen molar-refractivity contribution in [2.75, 3.05) is 11.9 Å². The summed E-state index contributed by atoms with van der Waals surface area (Å²) in [6, 6.07) is 0. The van der Waals surface area contributed by atoms with Crippen molar-refractivity contribution in [3.63, 3.8) is 0 Å². The molecule has 4 heteroatoms. The van der Waals surface area contributed by atoms with Gasteiger partial charge in [0.1, 0.15) is 0 Å². The van der Waals surface area contributed by atoms with E-state index in [4.69, 9.17) is 11.6 Å². The second-order valence-corrected chi connectivity index (χ2v) is 5.05. The second-order valence-electron chi connectivity index (χ2n) is 4.69. The highest BCUT2D eigenvalue weighted by atomic mass is 35.5. The van der Waals surface area contributed by atoms with Crippen LogP contribution in [0.25, 0.3) is 0 Å². The van der Waals surface area contributed by atoms with Crippen LogP contribution >= 0.6 is 11.6 Å². The van der Waals surface area contributed by atoms with Gasteiger partial charge in [0.05, 0.1) is 0 Å². The average Bonchev–Trinajstić information content (AvgIpc) is 2.24. The van der Waals surface area contributed by atoms with Crippen molar-refractivity contribution < 1.29 is 0 Å². The predicted molar refractivity (Wildman–Crippen MR) is 69.0 cm³/mol. The Morgan fingerprint density at radius 1 is 1.12 bits per heavy atom. The van der Waals surface area contributed by atoms with Gasteiger partial charge in [0, 0.05) is 6.54 Å². The Hall–Kier alpha value is -0.830. The first-order valence-electron chi connectivity index (χ1n) is 5.66. The number of rotatable bonds is 4. The number of nitrogens with one attached hydrogen (secondary N) is 1. The highest BCUT2D eigenvalue weighted by Crippen LogP contribution is 2.21. The van der Waals surface area contributed by atoms with Gasteiger partial charge in [-0.2, -0.15) is 0 Å². The average molecular weight is 242 g/mol. The van der Waals surface area contributed by atoms with E-state index in [0.29, 0.717) is 17.0 Å². The van der Waals surface area contributed by atoms with Gasteiger partial charge < -0.3 is 5.32 Å².